The summed E-state index contributed by atoms with van der Waals surface area (Å²) in [6.07, 6.45) is 3.60. The van der Waals surface area contributed by atoms with Crippen molar-refractivity contribution in [2.75, 3.05) is 5.32 Å². The van der Waals surface area contributed by atoms with Crippen LogP contribution in [-0.4, -0.2) is 21.6 Å². The molecule has 2 N–H and O–H groups in total. The fraction of sp³-hybridized carbons (Fsp3) is 0.0455. The lowest BCUT2D eigenvalue weighted by molar-refractivity contribution is 0.0949. The van der Waals surface area contributed by atoms with Crippen LogP contribution in [0.2, 0.25) is 0 Å². The minimum absolute atomic E-state index is 0.185. The van der Waals surface area contributed by atoms with Crippen molar-refractivity contribution < 1.29 is 9.59 Å². The summed E-state index contributed by atoms with van der Waals surface area (Å²) in [6, 6.07) is 20.2. The molecule has 29 heavy (non-hydrogen) atoms. The van der Waals surface area contributed by atoms with Crippen LogP contribution >= 0.6 is 11.3 Å². The quantitative estimate of drug-likeness (QED) is 0.509. The first-order chi connectivity index (χ1) is 14.2. The van der Waals surface area contributed by atoms with Crippen molar-refractivity contribution >= 4 is 28.8 Å². The molecule has 0 saturated carbocycles. The van der Waals surface area contributed by atoms with Gasteiger partial charge in [-0.1, -0.05) is 24.3 Å². The predicted molar refractivity (Wildman–Crippen MR) is 113 cm³/mol. The molecule has 6 nitrogen and oxygen atoms in total. The van der Waals surface area contributed by atoms with Crippen LogP contribution in [-0.2, 0) is 6.54 Å². The lowest BCUT2D eigenvalue weighted by Crippen LogP contribution is -2.23. The van der Waals surface area contributed by atoms with Crippen molar-refractivity contribution in [3.8, 4) is 5.69 Å². The molecule has 7 heteroatoms. The average Bonchev–Trinajstić information content (AvgIpc) is 3.47. The van der Waals surface area contributed by atoms with Crippen molar-refractivity contribution in [2.45, 2.75) is 6.54 Å². The summed E-state index contributed by atoms with van der Waals surface area (Å²) in [5.74, 6) is -0.386. The highest BCUT2D eigenvalue weighted by molar-refractivity contribution is 7.12. The molecule has 144 valence electrons. The molecule has 2 aromatic carbocycles. The molecule has 0 fully saturated rings. The van der Waals surface area contributed by atoms with E-state index in [9.17, 15) is 9.59 Å². The van der Waals surface area contributed by atoms with E-state index >= 15 is 0 Å². The number of carbonyl (C=O) groups excluding carboxylic acids is 2. The fourth-order valence-corrected chi connectivity index (χ4v) is 3.43. The summed E-state index contributed by atoms with van der Waals surface area (Å²) in [6.45, 7) is 0.407. The highest BCUT2D eigenvalue weighted by Gasteiger charge is 2.10. The van der Waals surface area contributed by atoms with Gasteiger partial charge >= 0.3 is 0 Å². The van der Waals surface area contributed by atoms with E-state index in [-0.39, 0.29) is 11.8 Å². The first-order valence-corrected chi connectivity index (χ1v) is 9.89. The molecule has 2 aromatic heterocycles. The van der Waals surface area contributed by atoms with E-state index in [1.165, 1.54) is 11.3 Å². The second-order valence-corrected chi connectivity index (χ2v) is 7.26. The number of carbonyl (C=O) groups is 2. The van der Waals surface area contributed by atoms with E-state index in [4.69, 9.17) is 0 Å². The Hall–Kier alpha value is -3.71. The number of hydrogen-bond acceptors (Lipinski definition) is 4. The third-order valence-electron chi connectivity index (χ3n) is 4.29. The monoisotopic (exact) mass is 402 g/mol. The molecule has 0 atom stereocenters. The largest absolute Gasteiger partial charge is 0.348 e. The Labute approximate surface area is 171 Å². The van der Waals surface area contributed by atoms with E-state index < -0.39 is 0 Å². The number of anilines is 1. The van der Waals surface area contributed by atoms with Crippen molar-refractivity contribution in [1.29, 1.82) is 0 Å². The van der Waals surface area contributed by atoms with E-state index in [0.717, 1.165) is 11.3 Å². The topological polar surface area (TPSA) is 76.0 Å². The Morgan fingerprint density at radius 2 is 1.83 bits per heavy atom. The van der Waals surface area contributed by atoms with Crippen molar-refractivity contribution in [1.82, 2.24) is 15.1 Å². The molecular formula is C22H18N4O2S. The van der Waals surface area contributed by atoms with Gasteiger partial charge in [-0.05, 0) is 53.4 Å². The lowest BCUT2D eigenvalue weighted by Gasteiger charge is -2.09. The number of aromatic nitrogens is 2. The van der Waals surface area contributed by atoms with Gasteiger partial charge in [0.1, 0.15) is 0 Å². The molecule has 0 aliphatic rings. The minimum Gasteiger partial charge on any atom is -0.348 e. The summed E-state index contributed by atoms with van der Waals surface area (Å²) in [5, 5.41) is 11.8. The van der Waals surface area contributed by atoms with E-state index in [1.807, 2.05) is 48.0 Å². The van der Waals surface area contributed by atoms with Gasteiger partial charge in [0, 0.05) is 30.2 Å². The first-order valence-electron chi connectivity index (χ1n) is 9.01. The predicted octanol–water partition coefficient (Wildman–Crippen LogP) is 4.12. The van der Waals surface area contributed by atoms with E-state index in [2.05, 4.69) is 15.7 Å². The molecule has 2 heterocycles. The number of nitrogens with one attached hydrogen (secondary N) is 2. The molecule has 0 saturated heterocycles. The lowest BCUT2D eigenvalue weighted by atomic mass is 10.1. The standard InChI is InChI=1S/C22H18N4O2S/c27-21(23-15-16-7-9-19(10-8-16)26-12-3-11-24-26)17-4-1-5-18(14-17)25-22(28)20-6-2-13-29-20/h1-14H,15H2,(H,23,27)(H,25,28). The van der Waals surface area contributed by atoms with Gasteiger partial charge in [0.2, 0.25) is 0 Å². The molecule has 4 aromatic rings. The van der Waals surface area contributed by atoms with Crippen LogP contribution in [0.4, 0.5) is 5.69 Å². The van der Waals surface area contributed by atoms with Crippen molar-refractivity contribution in [3.05, 3.63) is 101 Å². The maximum absolute atomic E-state index is 12.5. The number of rotatable bonds is 6. The number of hydrogen-bond donors (Lipinski definition) is 2. The van der Waals surface area contributed by atoms with Crippen LogP contribution in [0.3, 0.4) is 0 Å². The SMILES string of the molecule is O=C(NCc1ccc(-n2cccn2)cc1)c1cccc(NC(=O)c2cccs2)c1. The normalized spacial score (nSPS) is 10.5. The van der Waals surface area contributed by atoms with Crippen LogP contribution < -0.4 is 10.6 Å². The Bertz CT molecular complexity index is 1100. The zero-order valence-electron chi connectivity index (χ0n) is 15.4. The first kappa shape index (κ1) is 18.6. The molecule has 4 rings (SSSR count). The average molecular weight is 402 g/mol. The molecule has 0 aliphatic carbocycles. The molecular weight excluding hydrogens is 384 g/mol. The third kappa shape index (κ3) is 4.59. The van der Waals surface area contributed by atoms with Crippen LogP contribution in [0.1, 0.15) is 25.6 Å². The van der Waals surface area contributed by atoms with Gasteiger partial charge < -0.3 is 10.6 Å². The molecule has 0 unspecified atom stereocenters. The second-order valence-electron chi connectivity index (χ2n) is 6.31. The zero-order chi connectivity index (χ0) is 20.1. The third-order valence-corrected chi connectivity index (χ3v) is 5.15. The van der Waals surface area contributed by atoms with Gasteiger partial charge in [0.25, 0.3) is 11.8 Å². The minimum atomic E-state index is -0.201. The number of benzene rings is 2. The number of nitrogens with zero attached hydrogens (tertiary/aromatic N) is 2. The van der Waals surface area contributed by atoms with Gasteiger partial charge in [-0.2, -0.15) is 5.10 Å². The molecule has 0 bridgehead atoms. The molecule has 0 aliphatic heterocycles. The van der Waals surface area contributed by atoms with Crippen LogP contribution in [0, 0.1) is 0 Å². The van der Waals surface area contributed by atoms with Crippen molar-refractivity contribution in [2.24, 2.45) is 0 Å². The summed E-state index contributed by atoms with van der Waals surface area (Å²) in [5.41, 5.74) is 3.01. The van der Waals surface area contributed by atoms with Crippen LogP contribution in [0.25, 0.3) is 5.69 Å². The van der Waals surface area contributed by atoms with E-state index in [1.54, 1.807) is 41.2 Å². The highest BCUT2D eigenvalue weighted by Crippen LogP contribution is 2.15. The Morgan fingerprint density at radius 3 is 2.55 bits per heavy atom. The molecule has 0 spiro atoms. The Morgan fingerprint density at radius 1 is 0.966 bits per heavy atom. The number of thiophene rings is 1. The van der Waals surface area contributed by atoms with Crippen LogP contribution in [0.15, 0.2) is 84.5 Å². The molecule has 0 radical (unpaired) electrons. The summed E-state index contributed by atoms with van der Waals surface area (Å²) < 4.78 is 1.78. The second kappa shape index (κ2) is 8.53. The smallest absolute Gasteiger partial charge is 0.265 e. The number of amides is 2. The summed E-state index contributed by atoms with van der Waals surface area (Å²) in [4.78, 5) is 25.3. The zero-order valence-corrected chi connectivity index (χ0v) is 16.2. The van der Waals surface area contributed by atoms with Gasteiger partial charge in [0.05, 0.1) is 10.6 Å². The Kier molecular flexibility index (Phi) is 5.49. The maximum atomic E-state index is 12.5. The maximum Gasteiger partial charge on any atom is 0.265 e. The van der Waals surface area contributed by atoms with Gasteiger partial charge in [-0.3, -0.25) is 9.59 Å². The van der Waals surface area contributed by atoms with Crippen molar-refractivity contribution in [3.63, 3.8) is 0 Å². The Balaban J connectivity index is 1.36. The molecule has 2 amide bonds. The van der Waals surface area contributed by atoms with E-state index in [0.29, 0.717) is 22.7 Å². The summed E-state index contributed by atoms with van der Waals surface area (Å²) >= 11 is 1.37. The van der Waals surface area contributed by atoms with Gasteiger partial charge in [-0.25, -0.2) is 4.68 Å². The van der Waals surface area contributed by atoms with Crippen LogP contribution in [0.5, 0.6) is 0 Å². The fourth-order valence-electron chi connectivity index (χ4n) is 2.81. The van der Waals surface area contributed by atoms with Gasteiger partial charge in [-0.15, -0.1) is 11.3 Å². The van der Waals surface area contributed by atoms with Gasteiger partial charge in [0.15, 0.2) is 0 Å². The highest BCUT2D eigenvalue weighted by atomic mass is 32.1. The summed E-state index contributed by atoms with van der Waals surface area (Å²) in [7, 11) is 0.